The molecule has 0 aliphatic heterocycles. The summed E-state index contributed by atoms with van der Waals surface area (Å²) in [4.78, 5) is 13.3. The van der Waals surface area contributed by atoms with E-state index in [1.165, 1.54) is 15.0 Å². The molecule has 0 bridgehead atoms. The van der Waals surface area contributed by atoms with Gasteiger partial charge in [-0.1, -0.05) is 48.5 Å². The lowest BCUT2D eigenvalue weighted by Gasteiger charge is -2.07. The van der Waals surface area contributed by atoms with Crippen LogP contribution in [0.3, 0.4) is 0 Å². The van der Waals surface area contributed by atoms with Crippen LogP contribution >= 0.6 is 11.3 Å². The molecule has 23 heavy (non-hydrogen) atoms. The monoisotopic (exact) mass is 317 g/mol. The van der Waals surface area contributed by atoms with Gasteiger partial charge in [0.2, 0.25) is 0 Å². The van der Waals surface area contributed by atoms with E-state index >= 15 is 0 Å². The van der Waals surface area contributed by atoms with Gasteiger partial charge in [-0.2, -0.15) is 0 Å². The van der Waals surface area contributed by atoms with Gasteiger partial charge in [-0.3, -0.25) is 4.79 Å². The summed E-state index contributed by atoms with van der Waals surface area (Å²) in [5, 5.41) is 1.24. The molecule has 0 aliphatic carbocycles. The van der Waals surface area contributed by atoms with Gasteiger partial charge in [-0.25, -0.2) is 0 Å². The molecule has 4 rings (SSSR count). The van der Waals surface area contributed by atoms with Crippen LogP contribution in [0.15, 0.2) is 83.8 Å². The van der Waals surface area contributed by atoms with Gasteiger partial charge >= 0.3 is 0 Å². The number of hydrogen-bond acceptors (Lipinski definition) is 2. The first-order chi connectivity index (χ1) is 11.3. The summed E-state index contributed by atoms with van der Waals surface area (Å²) in [6, 6.07) is 24.2. The molecule has 0 atom stereocenters. The first-order valence-electron chi connectivity index (χ1n) is 7.53. The number of fused-ring (bicyclic) bond motifs is 1. The summed E-state index contributed by atoms with van der Waals surface area (Å²) in [6.07, 6.45) is 1.96. The van der Waals surface area contributed by atoms with Gasteiger partial charge < -0.3 is 4.57 Å². The Morgan fingerprint density at radius 2 is 1.65 bits per heavy atom. The van der Waals surface area contributed by atoms with Crippen LogP contribution in [-0.2, 0) is 6.54 Å². The van der Waals surface area contributed by atoms with E-state index < -0.39 is 0 Å². The van der Waals surface area contributed by atoms with Gasteiger partial charge in [0, 0.05) is 27.4 Å². The van der Waals surface area contributed by atoms with Crippen LogP contribution in [0, 0.1) is 0 Å². The molecule has 0 unspecified atom stereocenters. The summed E-state index contributed by atoms with van der Waals surface area (Å²) in [6.45, 7) is 0.596. The maximum Gasteiger partial charge on any atom is 0.250 e. The third kappa shape index (κ3) is 2.83. The van der Waals surface area contributed by atoms with Crippen molar-refractivity contribution in [2.75, 3.05) is 0 Å². The molecule has 0 fully saturated rings. The molecule has 0 saturated heterocycles. The second kappa shape index (κ2) is 5.86. The van der Waals surface area contributed by atoms with Crippen molar-refractivity contribution in [2.45, 2.75) is 6.54 Å². The lowest BCUT2D eigenvalue weighted by atomic mass is 10.2. The first kappa shape index (κ1) is 14.0. The van der Waals surface area contributed by atoms with Gasteiger partial charge in [0.1, 0.15) is 0 Å². The Morgan fingerprint density at radius 1 is 0.870 bits per heavy atom. The van der Waals surface area contributed by atoms with Crippen LogP contribution < -0.4 is 5.56 Å². The SMILES string of the molecule is O=c1ccc(-c2cc3ccccc3s2)cn1Cc1ccccc1. The highest BCUT2D eigenvalue weighted by Crippen LogP contribution is 2.32. The Balaban J connectivity index is 1.75. The van der Waals surface area contributed by atoms with Gasteiger partial charge in [-0.05, 0) is 29.1 Å². The summed E-state index contributed by atoms with van der Waals surface area (Å²) < 4.78 is 3.04. The average Bonchev–Trinajstić information content (AvgIpc) is 3.02. The van der Waals surface area contributed by atoms with Crippen LogP contribution in [0.1, 0.15) is 5.56 Å². The molecule has 112 valence electrons. The maximum atomic E-state index is 12.1. The highest BCUT2D eigenvalue weighted by molar-refractivity contribution is 7.22. The molecule has 2 aromatic heterocycles. The molecule has 3 heteroatoms. The minimum Gasteiger partial charge on any atom is -0.310 e. The molecule has 2 heterocycles. The van der Waals surface area contributed by atoms with Crippen LogP contribution in [0.5, 0.6) is 0 Å². The third-order valence-electron chi connectivity index (χ3n) is 3.89. The molecule has 0 aliphatic rings. The van der Waals surface area contributed by atoms with Gasteiger partial charge in [-0.15, -0.1) is 11.3 Å². The molecular weight excluding hydrogens is 302 g/mol. The molecule has 0 radical (unpaired) electrons. The van der Waals surface area contributed by atoms with E-state index in [0.29, 0.717) is 6.54 Å². The van der Waals surface area contributed by atoms with Gasteiger partial charge in [0.25, 0.3) is 5.56 Å². The first-order valence-corrected chi connectivity index (χ1v) is 8.35. The fourth-order valence-corrected chi connectivity index (χ4v) is 3.76. The summed E-state index contributed by atoms with van der Waals surface area (Å²) in [5.74, 6) is 0. The van der Waals surface area contributed by atoms with Crippen molar-refractivity contribution in [3.63, 3.8) is 0 Å². The zero-order valence-electron chi connectivity index (χ0n) is 12.5. The molecule has 0 saturated carbocycles. The highest BCUT2D eigenvalue weighted by atomic mass is 32.1. The van der Waals surface area contributed by atoms with Crippen LogP contribution in [0.4, 0.5) is 0 Å². The topological polar surface area (TPSA) is 22.0 Å². The zero-order valence-corrected chi connectivity index (χ0v) is 13.3. The number of aromatic nitrogens is 1. The number of hydrogen-bond donors (Lipinski definition) is 0. The fraction of sp³-hybridized carbons (Fsp3) is 0.0500. The lowest BCUT2D eigenvalue weighted by Crippen LogP contribution is -2.18. The molecule has 0 amide bonds. The van der Waals surface area contributed by atoms with E-state index in [-0.39, 0.29) is 5.56 Å². The predicted octanol–water partition coefficient (Wildman–Crippen LogP) is 4.78. The molecule has 4 aromatic rings. The molecule has 2 aromatic carbocycles. The Labute approximate surface area is 138 Å². The summed E-state index contributed by atoms with van der Waals surface area (Å²) in [5.41, 5.74) is 2.24. The van der Waals surface area contributed by atoms with E-state index in [4.69, 9.17) is 0 Å². The van der Waals surface area contributed by atoms with Crippen molar-refractivity contribution in [3.05, 3.63) is 94.9 Å². The van der Waals surface area contributed by atoms with Crippen molar-refractivity contribution in [2.24, 2.45) is 0 Å². The maximum absolute atomic E-state index is 12.1. The van der Waals surface area contributed by atoms with Crippen molar-refractivity contribution < 1.29 is 0 Å². The summed E-state index contributed by atoms with van der Waals surface area (Å²) >= 11 is 1.76. The smallest absolute Gasteiger partial charge is 0.250 e. The minimum absolute atomic E-state index is 0.0266. The number of nitrogens with zero attached hydrogens (tertiary/aromatic N) is 1. The number of thiophene rings is 1. The van der Waals surface area contributed by atoms with E-state index in [1.54, 1.807) is 22.0 Å². The van der Waals surface area contributed by atoms with Crippen LogP contribution in [0.25, 0.3) is 20.5 Å². The second-order valence-electron chi connectivity index (χ2n) is 5.52. The van der Waals surface area contributed by atoms with E-state index in [0.717, 1.165) is 11.1 Å². The van der Waals surface area contributed by atoms with E-state index in [2.05, 4.69) is 30.3 Å². The van der Waals surface area contributed by atoms with Crippen molar-refractivity contribution >= 4 is 21.4 Å². The number of benzene rings is 2. The quantitative estimate of drug-likeness (QED) is 0.533. The molecule has 0 N–H and O–H groups in total. The van der Waals surface area contributed by atoms with Crippen LogP contribution in [0.2, 0.25) is 0 Å². The normalized spacial score (nSPS) is 11.0. The van der Waals surface area contributed by atoms with Crippen molar-refractivity contribution in [1.82, 2.24) is 4.57 Å². The Kier molecular flexibility index (Phi) is 3.56. The van der Waals surface area contributed by atoms with E-state index in [1.807, 2.05) is 42.6 Å². The standard InChI is InChI=1S/C20H15NOS/c22-20-11-10-17(14-21(20)13-15-6-2-1-3-7-15)19-12-16-8-4-5-9-18(16)23-19/h1-12,14H,13H2. The Hall–Kier alpha value is -2.65. The van der Waals surface area contributed by atoms with Crippen molar-refractivity contribution in [1.29, 1.82) is 0 Å². The third-order valence-corrected chi connectivity index (χ3v) is 5.05. The summed E-state index contributed by atoms with van der Waals surface area (Å²) in [7, 11) is 0. The fourth-order valence-electron chi connectivity index (χ4n) is 2.70. The van der Waals surface area contributed by atoms with Gasteiger partial charge in [0.15, 0.2) is 0 Å². The average molecular weight is 317 g/mol. The zero-order chi connectivity index (χ0) is 15.6. The molecule has 0 spiro atoms. The van der Waals surface area contributed by atoms with E-state index in [9.17, 15) is 4.79 Å². The van der Waals surface area contributed by atoms with Gasteiger partial charge in [0.05, 0.1) is 6.54 Å². The van der Waals surface area contributed by atoms with Crippen LogP contribution in [-0.4, -0.2) is 4.57 Å². The minimum atomic E-state index is 0.0266. The largest absolute Gasteiger partial charge is 0.310 e. The Morgan fingerprint density at radius 3 is 2.48 bits per heavy atom. The number of pyridine rings is 1. The predicted molar refractivity (Wildman–Crippen MR) is 97.1 cm³/mol. The number of rotatable bonds is 3. The molecular formula is C20H15NOS. The molecule has 2 nitrogen and oxygen atoms in total. The Bertz CT molecular complexity index is 981. The van der Waals surface area contributed by atoms with Crippen molar-refractivity contribution in [3.8, 4) is 10.4 Å². The second-order valence-corrected chi connectivity index (χ2v) is 6.60. The highest BCUT2D eigenvalue weighted by Gasteiger charge is 2.06. The lowest BCUT2D eigenvalue weighted by molar-refractivity contribution is 0.761.